The summed E-state index contributed by atoms with van der Waals surface area (Å²) in [6, 6.07) is 5.77. The summed E-state index contributed by atoms with van der Waals surface area (Å²) in [7, 11) is 1.74. The Labute approximate surface area is 98.1 Å². The Morgan fingerprint density at radius 3 is 2.82 bits per heavy atom. The van der Waals surface area contributed by atoms with Gasteiger partial charge in [-0.15, -0.1) is 0 Å². The van der Waals surface area contributed by atoms with E-state index >= 15 is 0 Å². The Morgan fingerprint density at radius 1 is 1.47 bits per heavy atom. The third-order valence-electron chi connectivity index (χ3n) is 2.34. The molecule has 0 saturated heterocycles. The molecule has 0 unspecified atom stereocenters. The number of amides is 1. The fourth-order valence-corrected chi connectivity index (χ4v) is 1.59. The first-order valence-corrected chi connectivity index (χ1v) is 5.13. The Morgan fingerprint density at radius 2 is 2.24 bits per heavy atom. The van der Waals surface area contributed by atoms with Crippen molar-refractivity contribution in [2.75, 3.05) is 5.32 Å². The van der Waals surface area contributed by atoms with Crippen molar-refractivity contribution in [2.45, 2.75) is 6.92 Å². The number of hydrogen-bond acceptors (Lipinski definition) is 2. The van der Waals surface area contributed by atoms with E-state index in [1.807, 2.05) is 0 Å². The number of carbonyl (C=O) groups excluding carboxylic acids is 1. The fourth-order valence-electron chi connectivity index (χ4n) is 1.59. The average molecular weight is 233 g/mol. The Bertz CT molecular complexity index is 563. The second-order valence-corrected chi connectivity index (χ2v) is 3.77. The van der Waals surface area contributed by atoms with Crippen molar-refractivity contribution in [1.82, 2.24) is 9.78 Å². The van der Waals surface area contributed by atoms with Gasteiger partial charge in [-0.3, -0.25) is 9.48 Å². The molecule has 0 saturated carbocycles. The molecule has 2 aromatic rings. The van der Waals surface area contributed by atoms with Gasteiger partial charge >= 0.3 is 0 Å². The van der Waals surface area contributed by atoms with Crippen molar-refractivity contribution in [1.29, 1.82) is 0 Å². The summed E-state index contributed by atoms with van der Waals surface area (Å²) in [5, 5.41) is 6.69. The molecule has 0 aliphatic rings. The summed E-state index contributed by atoms with van der Waals surface area (Å²) >= 11 is 0. The number of aryl methyl sites for hydroxylation is 2. The zero-order chi connectivity index (χ0) is 12.4. The Kier molecular flexibility index (Phi) is 2.91. The van der Waals surface area contributed by atoms with E-state index in [0.29, 0.717) is 16.9 Å². The first kappa shape index (κ1) is 11.3. The Balaban J connectivity index is 2.20. The van der Waals surface area contributed by atoms with Gasteiger partial charge in [0.25, 0.3) is 5.91 Å². The molecule has 1 N–H and O–H groups in total. The molecular formula is C12H12FN3O. The van der Waals surface area contributed by atoms with Gasteiger partial charge in [-0.05, 0) is 25.1 Å². The highest BCUT2D eigenvalue weighted by Crippen LogP contribution is 2.12. The molecule has 0 spiro atoms. The molecule has 0 aliphatic heterocycles. The number of carbonyl (C=O) groups is 1. The predicted molar refractivity (Wildman–Crippen MR) is 62.3 cm³/mol. The average Bonchev–Trinajstić information content (AvgIpc) is 2.58. The molecule has 5 heteroatoms. The lowest BCUT2D eigenvalue weighted by Gasteiger charge is -2.03. The zero-order valence-electron chi connectivity index (χ0n) is 9.57. The van der Waals surface area contributed by atoms with E-state index in [-0.39, 0.29) is 11.7 Å². The van der Waals surface area contributed by atoms with Gasteiger partial charge in [0, 0.05) is 18.9 Å². The van der Waals surface area contributed by atoms with Crippen LogP contribution in [0, 0.1) is 12.7 Å². The number of anilines is 1. The fraction of sp³-hybridized carbons (Fsp3) is 0.167. The normalized spacial score (nSPS) is 10.3. The number of aromatic nitrogens is 2. The van der Waals surface area contributed by atoms with E-state index in [9.17, 15) is 9.18 Å². The topological polar surface area (TPSA) is 46.9 Å². The molecule has 1 amide bonds. The van der Waals surface area contributed by atoms with Gasteiger partial charge in [0.1, 0.15) is 5.82 Å². The van der Waals surface area contributed by atoms with Gasteiger partial charge in [-0.2, -0.15) is 5.10 Å². The van der Waals surface area contributed by atoms with Gasteiger partial charge in [-0.1, -0.05) is 6.07 Å². The van der Waals surface area contributed by atoms with Crippen LogP contribution in [0.5, 0.6) is 0 Å². The lowest BCUT2D eigenvalue weighted by atomic mass is 10.2. The number of rotatable bonds is 2. The first-order chi connectivity index (χ1) is 8.06. The van der Waals surface area contributed by atoms with Gasteiger partial charge in [-0.25, -0.2) is 4.39 Å². The summed E-state index contributed by atoms with van der Waals surface area (Å²) in [5.41, 5.74) is 1.55. The van der Waals surface area contributed by atoms with E-state index < -0.39 is 0 Å². The highest BCUT2D eigenvalue weighted by Gasteiger charge is 2.12. The van der Waals surface area contributed by atoms with Gasteiger partial charge in [0.15, 0.2) is 0 Å². The SMILES string of the molecule is Cc1nn(C)cc1C(=O)Nc1cccc(F)c1. The molecule has 0 aliphatic carbocycles. The highest BCUT2D eigenvalue weighted by atomic mass is 19.1. The van der Waals surface area contributed by atoms with Crippen LogP contribution in [0.4, 0.5) is 10.1 Å². The maximum Gasteiger partial charge on any atom is 0.259 e. The van der Waals surface area contributed by atoms with Crippen molar-refractivity contribution in [2.24, 2.45) is 7.05 Å². The van der Waals surface area contributed by atoms with Crippen molar-refractivity contribution in [3.05, 3.63) is 47.5 Å². The van der Waals surface area contributed by atoms with E-state index in [4.69, 9.17) is 0 Å². The summed E-state index contributed by atoms with van der Waals surface area (Å²) in [5.74, 6) is -0.674. The minimum absolute atomic E-state index is 0.291. The van der Waals surface area contributed by atoms with E-state index in [0.717, 1.165) is 0 Å². The third-order valence-corrected chi connectivity index (χ3v) is 2.34. The van der Waals surface area contributed by atoms with Crippen LogP contribution >= 0.6 is 0 Å². The second kappa shape index (κ2) is 4.37. The molecular weight excluding hydrogens is 221 g/mol. The van der Waals surface area contributed by atoms with Crippen molar-refractivity contribution >= 4 is 11.6 Å². The van der Waals surface area contributed by atoms with Gasteiger partial charge < -0.3 is 5.32 Å². The van der Waals surface area contributed by atoms with Crippen LogP contribution in [0.1, 0.15) is 16.1 Å². The van der Waals surface area contributed by atoms with Gasteiger partial charge in [0.2, 0.25) is 0 Å². The predicted octanol–water partition coefficient (Wildman–Crippen LogP) is 2.12. The lowest BCUT2D eigenvalue weighted by molar-refractivity contribution is 0.102. The Hall–Kier alpha value is -2.17. The van der Waals surface area contributed by atoms with Crippen LogP contribution in [0.15, 0.2) is 30.5 Å². The number of benzene rings is 1. The van der Waals surface area contributed by atoms with Crippen molar-refractivity contribution < 1.29 is 9.18 Å². The van der Waals surface area contributed by atoms with Crippen LogP contribution in [-0.2, 0) is 7.05 Å². The molecule has 88 valence electrons. The number of nitrogens with zero attached hydrogens (tertiary/aromatic N) is 2. The maximum absolute atomic E-state index is 12.9. The number of halogens is 1. The molecule has 0 bridgehead atoms. The van der Waals surface area contributed by atoms with Crippen LogP contribution in [0.2, 0.25) is 0 Å². The lowest BCUT2D eigenvalue weighted by Crippen LogP contribution is -2.12. The van der Waals surface area contributed by atoms with Crippen molar-refractivity contribution in [3.63, 3.8) is 0 Å². The molecule has 1 heterocycles. The maximum atomic E-state index is 12.9. The molecule has 0 radical (unpaired) electrons. The van der Waals surface area contributed by atoms with E-state index in [1.165, 1.54) is 12.1 Å². The minimum Gasteiger partial charge on any atom is -0.322 e. The number of hydrogen-bond donors (Lipinski definition) is 1. The largest absolute Gasteiger partial charge is 0.322 e. The van der Waals surface area contributed by atoms with E-state index in [1.54, 1.807) is 37.0 Å². The third kappa shape index (κ3) is 2.50. The summed E-state index contributed by atoms with van der Waals surface area (Å²) in [6.07, 6.45) is 1.63. The van der Waals surface area contributed by atoms with E-state index in [2.05, 4.69) is 10.4 Å². The summed E-state index contributed by atoms with van der Waals surface area (Å²) in [4.78, 5) is 11.9. The molecule has 1 aromatic carbocycles. The molecule has 2 rings (SSSR count). The van der Waals surface area contributed by atoms with Crippen LogP contribution in [-0.4, -0.2) is 15.7 Å². The molecule has 0 atom stereocenters. The standard InChI is InChI=1S/C12H12FN3O/c1-8-11(7-16(2)15-8)12(17)14-10-5-3-4-9(13)6-10/h3-7H,1-2H3,(H,14,17). The summed E-state index contributed by atoms with van der Waals surface area (Å²) in [6.45, 7) is 1.75. The van der Waals surface area contributed by atoms with Crippen LogP contribution < -0.4 is 5.32 Å². The number of nitrogens with one attached hydrogen (secondary N) is 1. The second-order valence-electron chi connectivity index (χ2n) is 3.77. The zero-order valence-corrected chi connectivity index (χ0v) is 9.57. The van der Waals surface area contributed by atoms with Crippen LogP contribution in [0.3, 0.4) is 0 Å². The summed E-state index contributed by atoms with van der Waals surface area (Å²) < 4.78 is 14.5. The van der Waals surface area contributed by atoms with Crippen molar-refractivity contribution in [3.8, 4) is 0 Å². The quantitative estimate of drug-likeness (QED) is 0.863. The molecule has 4 nitrogen and oxygen atoms in total. The highest BCUT2D eigenvalue weighted by molar-refractivity contribution is 6.04. The van der Waals surface area contributed by atoms with Gasteiger partial charge in [0.05, 0.1) is 11.3 Å². The van der Waals surface area contributed by atoms with Crippen LogP contribution in [0.25, 0.3) is 0 Å². The smallest absolute Gasteiger partial charge is 0.259 e. The molecule has 1 aromatic heterocycles. The monoisotopic (exact) mass is 233 g/mol. The molecule has 17 heavy (non-hydrogen) atoms. The molecule has 0 fully saturated rings. The minimum atomic E-state index is -0.384. The first-order valence-electron chi connectivity index (χ1n) is 5.13.